The lowest BCUT2D eigenvalue weighted by molar-refractivity contribution is -0.147. The Morgan fingerprint density at radius 2 is 2.02 bits per heavy atom. The number of amides is 4. The van der Waals surface area contributed by atoms with Crippen LogP contribution in [0.2, 0.25) is 0 Å². The highest BCUT2D eigenvalue weighted by Gasteiger charge is 2.70. The van der Waals surface area contributed by atoms with Crippen LogP contribution in [0.3, 0.4) is 0 Å². The number of nitrogens with zero attached hydrogens (tertiary/aromatic N) is 2. The SMILES string of the molecule is CC(C)(CO)C(NC(=O)C1CCOC1)C(=O)N1C[C@H]2[C@@H]([C@H]1C(=O)N[C@H](C#N)CC1Oc3ccc(F)cc3NC1=O)C2(C)C. The quantitative estimate of drug-likeness (QED) is 0.325. The monoisotopic (exact) mass is 599 g/mol. The number of halogens is 1. The highest BCUT2D eigenvalue weighted by atomic mass is 19.1. The number of aliphatic hydroxyl groups excluding tert-OH is 1. The van der Waals surface area contributed by atoms with Crippen molar-refractivity contribution in [3.05, 3.63) is 24.0 Å². The predicted octanol–water partition coefficient (Wildman–Crippen LogP) is 0.946. The van der Waals surface area contributed by atoms with E-state index in [-0.39, 0.29) is 60.8 Å². The molecule has 1 saturated carbocycles. The third kappa shape index (κ3) is 5.78. The van der Waals surface area contributed by atoms with Gasteiger partial charge in [-0.05, 0) is 35.8 Å². The minimum atomic E-state index is -1.13. The smallest absolute Gasteiger partial charge is 0.265 e. The van der Waals surface area contributed by atoms with E-state index in [9.17, 15) is 33.9 Å². The highest BCUT2D eigenvalue weighted by molar-refractivity contribution is 5.98. The van der Waals surface area contributed by atoms with Crippen molar-refractivity contribution >= 4 is 29.3 Å². The van der Waals surface area contributed by atoms with Crippen LogP contribution in [-0.2, 0) is 23.9 Å². The molecular formula is C30H38FN5O7. The fraction of sp³-hybridized carbons (Fsp3) is 0.633. The van der Waals surface area contributed by atoms with Crippen molar-refractivity contribution in [2.45, 2.75) is 64.8 Å². The number of hydrogen-bond acceptors (Lipinski definition) is 8. The van der Waals surface area contributed by atoms with E-state index < -0.39 is 59.1 Å². The zero-order chi connectivity index (χ0) is 31.3. The van der Waals surface area contributed by atoms with Crippen molar-refractivity contribution in [2.75, 3.05) is 31.7 Å². The minimum Gasteiger partial charge on any atom is -0.478 e. The molecule has 4 amide bonds. The van der Waals surface area contributed by atoms with Crippen molar-refractivity contribution < 1.29 is 38.1 Å². The Morgan fingerprint density at radius 3 is 2.67 bits per heavy atom. The molecule has 0 spiro atoms. The lowest BCUT2D eigenvalue weighted by atomic mass is 9.83. The summed E-state index contributed by atoms with van der Waals surface area (Å²) in [5.74, 6) is -2.80. The Bertz CT molecular complexity index is 1350. The molecule has 1 aromatic carbocycles. The number of rotatable bonds is 9. The van der Waals surface area contributed by atoms with E-state index in [1.165, 1.54) is 17.0 Å². The molecule has 3 aliphatic heterocycles. The number of carbonyl (C=O) groups excluding carboxylic acids is 4. The lowest BCUT2D eigenvalue weighted by Gasteiger charge is -2.39. The maximum absolute atomic E-state index is 14.1. The van der Waals surface area contributed by atoms with Gasteiger partial charge in [-0.3, -0.25) is 19.2 Å². The fourth-order valence-electron chi connectivity index (χ4n) is 6.56. The first-order valence-corrected chi connectivity index (χ1v) is 14.5. The van der Waals surface area contributed by atoms with Crippen LogP contribution < -0.4 is 20.7 Å². The Hall–Kier alpha value is -3.76. The Kier molecular flexibility index (Phi) is 8.13. The molecule has 4 N–H and O–H groups in total. The number of benzene rings is 1. The number of nitrogens with one attached hydrogen (secondary N) is 3. The maximum Gasteiger partial charge on any atom is 0.265 e. The van der Waals surface area contributed by atoms with Crippen molar-refractivity contribution in [2.24, 2.45) is 28.6 Å². The molecule has 0 radical (unpaired) electrons. The number of piperidine rings is 1. The summed E-state index contributed by atoms with van der Waals surface area (Å²) in [5.41, 5.74) is -1.08. The molecular weight excluding hydrogens is 561 g/mol. The highest BCUT2D eigenvalue weighted by Crippen LogP contribution is 2.65. The summed E-state index contributed by atoms with van der Waals surface area (Å²) in [6.07, 6.45) is -0.762. The van der Waals surface area contributed by atoms with Gasteiger partial charge in [0.05, 0.1) is 30.9 Å². The van der Waals surface area contributed by atoms with Gasteiger partial charge in [-0.25, -0.2) is 4.39 Å². The summed E-state index contributed by atoms with van der Waals surface area (Å²) in [4.78, 5) is 55.0. The first kappa shape index (κ1) is 30.7. The third-order valence-corrected chi connectivity index (χ3v) is 9.47. The largest absolute Gasteiger partial charge is 0.478 e. The van der Waals surface area contributed by atoms with E-state index in [1.807, 2.05) is 19.9 Å². The van der Waals surface area contributed by atoms with E-state index in [4.69, 9.17) is 9.47 Å². The second-order valence-electron chi connectivity index (χ2n) is 13.2. The Labute approximate surface area is 249 Å². The number of aliphatic hydroxyl groups is 1. The van der Waals surface area contributed by atoms with Crippen LogP contribution in [0.4, 0.5) is 10.1 Å². The van der Waals surface area contributed by atoms with Gasteiger partial charge in [0.25, 0.3) is 5.91 Å². The van der Waals surface area contributed by atoms with Crippen LogP contribution >= 0.6 is 0 Å². The molecule has 4 aliphatic rings. The molecule has 12 nitrogen and oxygen atoms in total. The zero-order valence-electron chi connectivity index (χ0n) is 24.7. The summed E-state index contributed by atoms with van der Waals surface area (Å²) in [6, 6.07) is 2.54. The van der Waals surface area contributed by atoms with E-state index in [2.05, 4.69) is 16.0 Å². The van der Waals surface area contributed by atoms with Crippen LogP contribution in [-0.4, -0.2) is 84.2 Å². The summed E-state index contributed by atoms with van der Waals surface area (Å²) in [6.45, 7) is 7.98. The van der Waals surface area contributed by atoms with Gasteiger partial charge in [0, 0.05) is 31.1 Å². The molecule has 232 valence electrons. The molecule has 1 aromatic rings. The van der Waals surface area contributed by atoms with E-state index in [0.717, 1.165) is 6.07 Å². The van der Waals surface area contributed by atoms with Crippen molar-refractivity contribution in [1.82, 2.24) is 15.5 Å². The number of carbonyl (C=O) groups is 4. The van der Waals surface area contributed by atoms with Gasteiger partial charge in [0.2, 0.25) is 17.7 Å². The van der Waals surface area contributed by atoms with Crippen LogP contribution in [0.25, 0.3) is 0 Å². The summed E-state index contributed by atoms with van der Waals surface area (Å²) in [7, 11) is 0. The van der Waals surface area contributed by atoms with Gasteiger partial charge in [-0.2, -0.15) is 5.26 Å². The van der Waals surface area contributed by atoms with Gasteiger partial charge < -0.3 is 35.4 Å². The number of nitriles is 1. The molecule has 3 fully saturated rings. The maximum atomic E-state index is 14.1. The van der Waals surface area contributed by atoms with Gasteiger partial charge in [-0.15, -0.1) is 0 Å². The molecule has 5 rings (SSSR count). The van der Waals surface area contributed by atoms with Gasteiger partial charge in [-0.1, -0.05) is 27.7 Å². The Morgan fingerprint density at radius 1 is 1.28 bits per heavy atom. The normalized spacial score (nSPS) is 28.3. The molecule has 13 heteroatoms. The molecule has 0 bridgehead atoms. The third-order valence-electron chi connectivity index (χ3n) is 9.47. The molecule has 3 unspecified atom stereocenters. The lowest BCUT2D eigenvalue weighted by Crippen LogP contribution is -2.61. The number of anilines is 1. The zero-order valence-corrected chi connectivity index (χ0v) is 24.7. The summed E-state index contributed by atoms with van der Waals surface area (Å²) >= 11 is 0. The second-order valence-corrected chi connectivity index (χ2v) is 13.2. The number of fused-ring (bicyclic) bond motifs is 2. The first-order valence-electron chi connectivity index (χ1n) is 14.5. The van der Waals surface area contributed by atoms with Crippen molar-refractivity contribution in [3.63, 3.8) is 0 Å². The first-order chi connectivity index (χ1) is 20.3. The average molecular weight is 600 g/mol. The van der Waals surface area contributed by atoms with Gasteiger partial charge in [0.1, 0.15) is 29.7 Å². The number of likely N-dealkylation sites (tertiary alicyclic amines) is 1. The van der Waals surface area contributed by atoms with Gasteiger partial charge in [0.15, 0.2) is 6.10 Å². The molecule has 43 heavy (non-hydrogen) atoms. The molecule has 3 heterocycles. The summed E-state index contributed by atoms with van der Waals surface area (Å²) < 4.78 is 24.6. The number of hydrogen-bond donors (Lipinski definition) is 4. The average Bonchev–Trinajstić information content (AvgIpc) is 3.42. The van der Waals surface area contributed by atoms with Crippen LogP contribution in [0.1, 0.15) is 40.5 Å². The van der Waals surface area contributed by atoms with Crippen LogP contribution in [0, 0.1) is 45.7 Å². The standard InChI is InChI=1S/C30H38FN5O7/c1-29(2,14-37)24(35-25(38)15-7-8-42-13-15)28(41)36-12-18-22(30(18,3)4)23(36)27(40)33-17(11-32)10-21-26(39)34-19-9-16(31)5-6-20(19)43-21/h5-6,9,15,17-18,21-24,37H,7-8,10,12-14H2,1-4H3,(H,33,40)(H,34,39)(H,35,38)/t15?,17-,18-,21?,22-,23-,24?/m0/s1. The minimum absolute atomic E-state index is 0.0360. The molecule has 2 saturated heterocycles. The number of ether oxygens (including phenoxy) is 2. The van der Waals surface area contributed by atoms with Crippen molar-refractivity contribution in [3.8, 4) is 11.8 Å². The molecule has 7 atom stereocenters. The van der Waals surface area contributed by atoms with Crippen molar-refractivity contribution in [1.29, 1.82) is 5.26 Å². The van der Waals surface area contributed by atoms with Crippen LogP contribution in [0.15, 0.2) is 18.2 Å². The molecule has 1 aliphatic carbocycles. The second kappa shape index (κ2) is 11.4. The summed E-state index contributed by atoms with van der Waals surface area (Å²) in [5, 5.41) is 28.1. The topological polar surface area (TPSA) is 170 Å². The molecule has 0 aromatic heterocycles. The van der Waals surface area contributed by atoms with E-state index in [1.54, 1.807) is 13.8 Å². The Balaban J connectivity index is 1.32. The predicted molar refractivity (Wildman–Crippen MR) is 150 cm³/mol. The van der Waals surface area contributed by atoms with E-state index in [0.29, 0.717) is 13.0 Å². The van der Waals surface area contributed by atoms with Gasteiger partial charge >= 0.3 is 0 Å². The fourth-order valence-corrected chi connectivity index (χ4v) is 6.56. The van der Waals surface area contributed by atoms with E-state index >= 15 is 0 Å². The van der Waals surface area contributed by atoms with Crippen LogP contribution in [0.5, 0.6) is 5.75 Å².